The highest BCUT2D eigenvalue weighted by atomic mass is 79.9. The zero-order valence-corrected chi connectivity index (χ0v) is 16.1. The molecule has 128 valence electrons. The van der Waals surface area contributed by atoms with Gasteiger partial charge in [0.2, 0.25) is 0 Å². The molecule has 0 saturated heterocycles. The minimum absolute atomic E-state index is 0.577. The van der Waals surface area contributed by atoms with Gasteiger partial charge >= 0.3 is 0 Å². The second kappa shape index (κ2) is 8.21. The van der Waals surface area contributed by atoms with Gasteiger partial charge < -0.3 is 10.1 Å². The fourth-order valence-electron chi connectivity index (χ4n) is 2.51. The van der Waals surface area contributed by atoms with Crippen LogP contribution in [0.2, 0.25) is 0 Å². The number of hydrogen-bond acceptors (Lipinski definition) is 2. The molecular formula is C22H22BrNO. The Morgan fingerprint density at radius 3 is 2.16 bits per heavy atom. The second-order valence-corrected chi connectivity index (χ2v) is 7.13. The number of halogens is 1. The first-order chi connectivity index (χ1) is 12.1. The van der Waals surface area contributed by atoms with E-state index in [-0.39, 0.29) is 0 Å². The molecule has 3 heteroatoms. The summed E-state index contributed by atoms with van der Waals surface area (Å²) in [5.41, 5.74) is 6.16. The van der Waals surface area contributed by atoms with Crippen LogP contribution in [-0.2, 0) is 13.2 Å². The highest BCUT2D eigenvalue weighted by Gasteiger charge is 2.00. The first-order valence-corrected chi connectivity index (χ1v) is 9.17. The maximum Gasteiger partial charge on any atom is 0.119 e. The molecule has 0 aromatic heterocycles. The number of rotatable bonds is 6. The summed E-state index contributed by atoms with van der Waals surface area (Å²) in [6.07, 6.45) is 0. The van der Waals surface area contributed by atoms with Crippen molar-refractivity contribution in [3.05, 3.63) is 93.5 Å². The van der Waals surface area contributed by atoms with E-state index in [0.29, 0.717) is 6.61 Å². The fraction of sp³-hybridized carbons (Fsp3) is 0.182. The van der Waals surface area contributed by atoms with Crippen LogP contribution in [0, 0.1) is 13.8 Å². The maximum atomic E-state index is 5.84. The highest BCUT2D eigenvalue weighted by Crippen LogP contribution is 2.18. The zero-order chi connectivity index (χ0) is 17.6. The zero-order valence-electron chi connectivity index (χ0n) is 14.6. The van der Waals surface area contributed by atoms with E-state index in [2.05, 4.69) is 77.6 Å². The summed E-state index contributed by atoms with van der Waals surface area (Å²) in [6.45, 7) is 5.65. The van der Waals surface area contributed by atoms with Gasteiger partial charge in [-0.2, -0.15) is 0 Å². The Kier molecular flexibility index (Phi) is 5.77. The first kappa shape index (κ1) is 17.6. The summed E-state index contributed by atoms with van der Waals surface area (Å²) in [4.78, 5) is 0. The van der Waals surface area contributed by atoms with Gasteiger partial charge in [0, 0.05) is 16.7 Å². The SMILES string of the molecule is Cc1ccc(NCc2ccc(OCc3ccc(Br)cc3)cc2)cc1C. The Bertz CT molecular complexity index is 826. The third kappa shape index (κ3) is 5.10. The van der Waals surface area contributed by atoms with Gasteiger partial charge in [-0.25, -0.2) is 0 Å². The van der Waals surface area contributed by atoms with E-state index in [9.17, 15) is 0 Å². The molecule has 0 bridgehead atoms. The molecule has 3 aromatic carbocycles. The van der Waals surface area contributed by atoms with Crippen molar-refractivity contribution in [3.63, 3.8) is 0 Å². The molecule has 2 nitrogen and oxygen atoms in total. The molecule has 0 amide bonds. The summed E-state index contributed by atoms with van der Waals surface area (Å²) in [7, 11) is 0. The number of benzene rings is 3. The van der Waals surface area contributed by atoms with Crippen LogP contribution in [0.15, 0.2) is 71.2 Å². The number of hydrogen-bond donors (Lipinski definition) is 1. The molecule has 25 heavy (non-hydrogen) atoms. The van der Waals surface area contributed by atoms with Crippen molar-refractivity contribution >= 4 is 21.6 Å². The average Bonchev–Trinajstić information content (AvgIpc) is 2.63. The van der Waals surface area contributed by atoms with Gasteiger partial charge in [-0.15, -0.1) is 0 Å². The Balaban J connectivity index is 1.53. The van der Waals surface area contributed by atoms with Gasteiger partial charge in [0.15, 0.2) is 0 Å². The molecular weight excluding hydrogens is 374 g/mol. The predicted molar refractivity (Wildman–Crippen MR) is 108 cm³/mol. The van der Waals surface area contributed by atoms with Crippen LogP contribution in [0.25, 0.3) is 0 Å². The average molecular weight is 396 g/mol. The third-order valence-corrected chi connectivity index (χ3v) is 4.77. The minimum Gasteiger partial charge on any atom is -0.489 e. The van der Waals surface area contributed by atoms with E-state index in [1.807, 2.05) is 24.3 Å². The van der Waals surface area contributed by atoms with Crippen molar-refractivity contribution in [2.75, 3.05) is 5.32 Å². The molecule has 0 unspecified atom stereocenters. The first-order valence-electron chi connectivity index (χ1n) is 8.37. The topological polar surface area (TPSA) is 21.3 Å². The largest absolute Gasteiger partial charge is 0.489 e. The Morgan fingerprint density at radius 2 is 1.48 bits per heavy atom. The molecule has 0 aliphatic carbocycles. The monoisotopic (exact) mass is 395 g/mol. The van der Waals surface area contributed by atoms with Gasteiger partial charge in [-0.05, 0) is 72.5 Å². The van der Waals surface area contributed by atoms with Gasteiger partial charge in [0.1, 0.15) is 12.4 Å². The van der Waals surface area contributed by atoms with Gasteiger partial charge in [0.25, 0.3) is 0 Å². The molecule has 3 aromatic rings. The lowest BCUT2D eigenvalue weighted by Crippen LogP contribution is -2.00. The minimum atomic E-state index is 0.577. The normalized spacial score (nSPS) is 10.5. The van der Waals surface area contributed by atoms with Crippen molar-refractivity contribution < 1.29 is 4.74 Å². The van der Waals surface area contributed by atoms with Crippen LogP contribution in [0.5, 0.6) is 5.75 Å². The summed E-state index contributed by atoms with van der Waals surface area (Å²) in [5, 5.41) is 3.47. The van der Waals surface area contributed by atoms with Crippen molar-refractivity contribution in [3.8, 4) is 5.75 Å². The number of aryl methyl sites for hydroxylation is 2. The number of ether oxygens (including phenoxy) is 1. The van der Waals surface area contributed by atoms with E-state index in [0.717, 1.165) is 28.0 Å². The Morgan fingerprint density at radius 1 is 0.800 bits per heavy atom. The Labute approximate surface area is 158 Å². The molecule has 0 radical (unpaired) electrons. The fourth-order valence-corrected chi connectivity index (χ4v) is 2.77. The molecule has 0 fully saturated rings. The van der Waals surface area contributed by atoms with Crippen LogP contribution in [0.4, 0.5) is 5.69 Å². The summed E-state index contributed by atoms with van der Waals surface area (Å²) in [5.74, 6) is 0.887. The summed E-state index contributed by atoms with van der Waals surface area (Å²) in [6, 6.07) is 22.9. The predicted octanol–water partition coefficient (Wildman–Crippen LogP) is 6.26. The van der Waals surface area contributed by atoms with Crippen LogP contribution in [0.1, 0.15) is 22.3 Å². The molecule has 0 heterocycles. The van der Waals surface area contributed by atoms with Gasteiger partial charge in [-0.1, -0.05) is 46.3 Å². The lowest BCUT2D eigenvalue weighted by molar-refractivity contribution is 0.306. The number of nitrogens with one attached hydrogen (secondary N) is 1. The van der Waals surface area contributed by atoms with Crippen molar-refractivity contribution in [1.82, 2.24) is 0 Å². The quantitative estimate of drug-likeness (QED) is 0.531. The molecule has 3 rings (SSSR count). The smallest absolute Gasteiger partial charge is 0.119 e. The lowest BCUT2D eigenvalue weighted by atomic mass is 10.1. The Hall–Kier alpha value is -2.26. The van der Waals surface area contributed by atoms with Gasteiger partial charge in [0.05, 0.1) is 0 Å². The van der Waals surface area contributed by atoms with Crippen LogP contribution in [-0.4, -0.2) is 0 Å². The van der Waals surface area contributed by atoms with Crippen molar-refractivity contribution in [2.45, 2.75) is 27.0 Å². The highest BCUT2D eigenvalue weighted by molar-refractivity contribution is 9.10. The maximum absolute atomic E-state index is 5.84. The molecule has 0 aliphatic heterocycles. The standard InChI is InChI=1S/C22H22BrNO/c1-16-3-10-21(13-17(16)2)24-14-18-6-11-22(12-7-18)25-15-19-4-8-20(23)9-5-19/h3-13,24H,14-15H2,1-2H3. The van der Waals surface area contributed by atoms with E-state index in [4.69, 9.17) is 4.74 Å². The van der Waals surface area contributed by atoms with E-state index in [1.54, 1.807) is 0 Å². The molecule has 0 spiro atoms. The van der Waals surface area contributed by atoms with E-state index in [1.165, 1.54) is 16.7 Å². The van der Waals surface area contributed by atoms with Crippen molar-refractivity contribution in [2.24, 2.45) is 0 Å². The summed E-state index contributed by atoms with van der Waals surface area (Å²) < 4.78 is 6.92. The van der Waals surface area contributed by atoms with Crippen LogP contribution < -0.4 is 10.1 Å². The molecule has 0 aliphatic rings. The second-order valence-electron chi connectivity index (χ2n) is 6.21. The van der Waals surface area contributed by atoms with Gasteiger partial charge in [-0.3, -0.25) is 0 Å². The third-order valence-electron chi connectivity index (χ3n) is 4.25. The van der Waals surface area contributed by atoms with Crippen molar-refractivity contribution in [1.29, 1.82) is 0 Å². The number of anilines is 1. The lowest BCUT2D eigenvalue weighted by Gasteiger charge is -2.10. The molecule has 0 atom stereocenters. The van der Waals surface area contributed by atoms with E-state index >= 15 is 0 Å². The van der Waals surface area contributed by atoms with Crippen LogP contribution in [0.3, 0.4) is 0 Å². The summed E-state index contributed by atoms with van der Waals surface area (Å²) >= 11 is 3.44. The molecule has 0 saturated carbocycles. The van der Waals surface area contributed by atoms with E-state index < -0.39 is 0 Å². The van der Waals surface area contributed by atoms with Crippen LogP contribution >= 0.6 is 15.9 Å². The molecule has 1 N–H and O–H groups in total.